The van der Waals surface area contributed by atoms with Crippen LogP contribution in [0, 0.1) is 24.1 Å². The quantitative estimate of drug-likeness (QED) is 0.333. The molecule has 0 fully saturated rings. The van der Waals surface area contributed by atoms with Crippen molar-refractivity contribution in [1.29, 1.82) is 5.26 Å². The van der Waals surface area contributed by atoms with E-state index < -0.39 is 0 Å². The predicted molar refractivity (Wildman–Crippen MR) is 123 cm³/mol. The van der Waals surface area contributed by atoms with Crippen LogP contribution in [0.4, 0.5) is 10.2 Å². The van der Waals surface area contributed by atoms with Crippen molar-refractivity contribution in [2.75, 3.05) is 12.5 Å². The van der Waals surface area contributed by atoms with Crippen LogP contribution in [0.2, 0.25) is 0 Å². The maximum absolute atomic E-state index is 13.2. The van der Waals surface area contributed by atoms with Gasteiger partial charge in [-0.3, -0.25) is 5.43 Å². The Labute approximate surface area is 185 Å². The van der Waals surface area contributed by atoms with E-state index in [1.54, 1.807) is 25.5 Å². The van der Waals surface area contributed by atoms with Crippen molar-refractivity contribution < 1.29 is 9.13 Å². The van der Waals surface area contributed by atoms with E-state index in [1.165, 1.54) is 12.1 Å². The molecule has 2 aromatic heterocycles. The van der Waals surface area contributed by atoms with Gasteiger partial charge in [0.25, 0.3) is 0 Å². The maximum atomic E-state index is 13.2. The molecule has 0 saturated heterocycles. The molecule has 160 valence electrons. The summed E-state index contributed by atoms with van der Waals surface area (Å²) in [5.74, 6) is 0.144. The van der Waals surface area contributed by atoms with Crippen molar-refractivity contribution in [3.05, 3.63) is 94.6 Å². The number of halogens is 1. The zero-order valence-electron chi connectivity index (χ0n) is 17.8. The molecular formula is C25H22FN5O. The van der Waals surface area contributed by atoms with E-state index >= 15 is 0 Å². The molecule has 0 spiro atoms. The van der Waals surface area contributed by atoms with Crippen molar-refractivity contribution in [3.8, 4) is 6.07 Å². The average molecular weight is 427 g/mol. The molecule has 2 aromatic carbocycles. The number of aromatic nitrogens is 2. The number of hydrazone groups is 1. The molecule has 0 amide bonds. The Morgan fingerprint density at radius 3 is 2.75 bits per heavy atom. The van der Waals surface area contributed by atoms with E-state index in [-0.39, 0.29) is 5.82 Å². The van der Waals surface area contributed by atoms with E-state index in [0.717, 1.165) is 33.3 Å². The van der Waals surface area contributed by atoms with Gasteiger partial charge in [-0.1, -0.05) is 30.3 Å². The SMILES string of the molecule is COCc1cc(C)nc(N/N=C\c2cn(Cc3ccc(F)cc3)c3ccccc23)c1C#N. The third kappa shape index (κ3) is 4.51. The first kappa shape index (κ1) is 21.2. The van der Waals surface area contributed by atoms with Crippen LogP contribution in [0.5, 0.6) is 0 Å². The first-order chi connectivity index (χ1) is 15.6. The molecule has 0 aliphatic heterocycles. The normalized spacial score (nSPS) is 11.2. The number of pyridine rings is 1. The lowest BCUT2D eigenvalue weighted by Crippen LogP contribution is -2.03. The zero-order valence-corrected chi connectivity index (χ0v) is 17.8. The van der Waals surface area contributed by atoms with Gasteiger partial charge in [0, 0.05) is 47.6 Å². The van der Waals surface area contributed by atoms with E-state index in [0.29, 0.717) is 24.5 Å². The first-order valence-corrected chi connectivity index (χ1v) is 10.1. The summed E-state index contributed by atoms with van der Waals surface area (Å²) < 4.78 is 20.5. The first-order valence-electron chi connectivity index (χ1n) is 10.1. The number of para-hydroxylation sites is 1. The van der Waals surface area contributed by atoms with E-state index in [4.69, 9.17) is 4.74 Å². The number of hydrogen-bond donors (Lipinski definition) is 1. The Bertz CT molecular complexity index is 1320. The highest BCUT2D eigenvalue weighted by atomic mass is 19.1. The standard InChI is InChI=1S/C25H22FN5O/c1-17-11-19(16-32-2)23(12-27)25(29-17)30-28-13-20-15-31(24-6-4-3-5-22(20)24)14-18-7-9-21(26)10-8-18/h3-11,13,15H,14,16H2,1-2H3,(H,29,30)/b28-13-. The molecule has 1 N–H and O–H groups in total. The van der Waals surface area contributed by atoms with E-state index in [9.17, 15) is 9.65 Å². The largest absolute Gasteiger partial charge is 0.380 e. The Morgan fingerprint density at radius 2 is 2.00 bits per heavy atom. The van der Waals surface area contributed by atoms with Gasteiger partial charge in [0.15, 0.2) is 5.82 Å². The minimum absolute atomic E-state index is 0.250. The Balaban J connectivity index is 1.63. The van der Waals surface area contributed by atoms with E-state index in [2.05, 4.69) is 26.1 Å². The predicted octanol–water partition coefficient (Wildman–Crippen LogP) is 5.00. The van der Waals surface area contributed by atoms with Crippen LogP contribution in [0.1, 0.15) is 27.9 Å². The van der Waals surface area contributed by atoms with Crippen LogP contribution in [-0.4, -0.2) is 22.9 Å². The number of aryl methyl sites for hydroxylation is 1. The summed E-state index contributed by atoms with van der Waals surface area (Å²) in [7, 11) is 1.59. The maximum Gasteiger partial charge on any atom is 0.164 e. The molecule has 2 heterocycles. The zero-order chi connectivity index (χ0) is 22.5. The summed E-state index contributed by atoms with van der Waals surface area (Å²) in [5, 5.41) is 15.0. The van der Waals surface area contributed by atoms with Crippen LogP contribution in [0.25, 0.3) is 10.9 Å². The Morgan fingerprint density at radius 1 is 1.22 bits per heavy atom. The van der Waals surface area contributed by atoms with Gasteiger partial charge < -0.3 is 9.30 Å². The average Bonchev–Trinajstić information content (AvgIpc) is 3.13. The molecule has 4 rings (SSSR count). The van der Waals surface area contributed by atoms with Gasteiger partial charge in [0.2, 0.25) is 0 Å². The lowest BCUT2D eigenvalue weighted by atomic mass is 10.1. The van der Waals surface area contributed by atoms with Gasteiger partial charge in [0.05, 0.1) is 12.8 Å². The van der Waals surface area contributed by atoms with Crippen LogP contribution in [0.15, 0.2) is 65.9 Å². The van der Waals surface area contributed by atoms with Crippen LogP contribution in [0.3, 0.4) is 0 Å². The summed E-state index contributed by atoms with van der Waals surface area (Å²) >= 11 is 0. The Kier molecular flexibility index (Phi) is 6.24. The van der Waals surface area contributed by atoms with Gasteiger partial charge in [-0.15, -0.1) is 0 Å². The fourth-order valence-electron chi connectivity index (χ4n) is 3.67. The molecule has 6 nitrogen and oxygen atoms in total. The molecule has 0 radical (unpaired) electrons. The van der Waals surface area contributed by atoms with Crippen molar-refractivity contribution in [3.63, 3.8) is 0 Å². The molecule has 0 saturated carbocycles. The number of methoxy groups -OCH3 is 1. The van der Waals surface area contributed by atoms with Crippen molar-refractivity contribution in [2.45, 2.75) is 20.1 Å². The second-order valence-electron chi connectivity index (χ2n) is 7.42. The van der Waals surface area contributed by atoms with Crippen LogP contribution in [-0.2, 0) is 17.9 Å². The number of ether oxygens (including phenoxy) is 1. The molecular weight excluding hydrogens is 405 g/mol. The third-order valence-corrected chi connectivity index (χ3v) is 5.10. The minimum Gasteiger partial charge on any atom is -0.380 e. The molecule has 0 aliphatic carbocycles. The fraction of sp³-hybridized carbons (Fsp3) is 0.160. The molecule has 7 heteroatoms. The van der Waals surface area contributed by atoms with Crippen LogP contribution >= 0.6 is 0 Å². The molecule has 0 atom stereocenters. The number of nitriles is 1. The van der Waals surface area contributed by atoms with Crippen molar-refractivity contribution >= 4 is 22.9 Å². The summed E-state index contributed by atoms with van der Waals surface area (Å²) in [4.78, 5) is 4.41. The Hall–Kier alpha value is -4.02. The van der Waals surface area contributed by atoms with Gasteiger partial charge in [-0.05, 0) is 36.8 Å². The summed E-state index contributed by atoms with van der Waals surface area (Å²) in [6, 6.07) is 18.5. The number of benzene rings is 2. The molecule has 0 unspecified atom stereocenters. The van der Waals surface area contributed by atoms with Crippen molar-refractivity contribution in [1.82, 2.24) is 9.55 Å². The van der Waals surface area contributed by atoms with Crippen LogP contribution < -0.4 is 5.43 Å². The second kappa shape index (κ2) is 9.41. The van der Waals surface area contributed by atoms with Gasteiger partial charge in [0.1, 0.15) is 17.4 Å². The third-order valence-electron chi connectivity index (χ3n) is 5.10. The van der Waals surface area contributed by atoms with Gasteiger partial charge >= 0.3 is 0 Å². The number of hydrogen-bond acceptors (Lipinski definition) is 5. The molecule has 0 bridgehead atoms. The fourth-order valence-corrected chi connectivity index (χ4v) is 3.67. The highest BCUT2D eigenvalue weighted by molar-refractivity contribution is 5.99. The number of nitrogens with zero attached hydrogens (tertiary/aromatic N) is 4. The lowest BCUT2D eigenvalue weighted by molar-refractivity contribution is 0.184. The lowest BCUT2D eigenvalue weighted by Gasteiger charge is -2.09. The monoisotopic (exact) mass is 427 g/mol. The topological polar surface area (TPSA) is 75.2 Å². The van der Waals surface area contributed by atoms with Gasteiger partial charge in [-0.25, -0.2) is 9.37 Å². The number of nitrogens with one attached hydrogen (secondary N) is 1. The smallest absolute Gasteiger partial charge is 0.164 e. The second-order valence-corrected chi connectivity index (χ2v) is 7.42. The highest BCUT2D eigenvalue weighted by Gasteiger charge is 2.11. The minimum atomic E-state index is -0.250. The summed E-state index contributed by atoms with van der Waals surface area (Å²) in [6.07, 6.45) is 3.72. The van der Waals surface area contributed by atoms with E-state index in [1.807, 2.05) is 43.5 Å². The highest BCUT2D eigenvalue weighted by Crippen LogP contribution is 2.22. The number of rotatable bonds is 7. The summed E-state index contributed by atoms with van der Waals surface area (Å²) in [6.45, 7) is 2.79. The molecule has 0 aliphatic rings. The summed E-state index contributed by atoms with van der Waals surface area (Å²) in [5.41, 5.74) is 7.82. The van der Waals surface area contributed by atoms with Crippen molar-refractivity contribution in [2.24, 2.45) is 5.10 Å². The number of anilines is 1. The van der Waals surface area contributed by atoms with Gasteiger partial charge in [-0.2, -0.15) is 10.4 Å². The molecule has 32 heavy (non-hydrogen) atoms. The number of fused-ring (bicyclic) bond motifs is 1. The molecule has 4 aromatic rings.